The number of phenols is 1. The molecule has 9 heteroatoms. The molecule has 1 saturated carbocycles. The van der Waals surface area contributed by atoms with Gasteiger partial charge in [-0.05, 0) is 59.1 Å². The molecule has 1 aromatic rings. The summed E-state index contributed by atoms with van der Waals surface area (Å²) in [5.74, 6) is -1.16. The average molecular weight is 563 g/mol. The van der Waals surface area contributed by atoms with Gasteiger partial charge in [0.25, 0.3) is 0 Å². The van der Waals surface area contributed by atoms with Crippen LogP contribution < -0.4 is 9.47 Å². The first-order valence-electron chi connectivity index (χ1n) is 14.2. The number of carbonyl (C=O) groups excluding carboxylic acids is 1. The van der Waals surface area contributed by atoms with E-state index in [0.717, 1.165) is 5.57 Å². The standard InChI is InChI=1S/C31H46O9/c1-10-15(2)26(38-17(4)32)16(3)18-13-19(37-9)23-25(35)28-30(7,40-27(23)24(18)34)12-11-21-31(28,8)20(33)14-22(39-21)29(5,6)36/h10,13,16,20-22,25-26,28,33-36H,11-12,14H2,1-9H3/t16-,20-,21+,22+,25+,26+,28-,30+,31-/m0/s1. The number of carbonyl (C=O) groups is 1. The van der Waals surface area contributed by atoms with Gasteiger partial charge in [0.05, 0.1) is 42.7 Å². The van der Waals surface area contributed by atoms with Crippen LogP contribution in [0.3, 0.4) is 0 Å². The van der Waals surface area contributed by atoms with Crippen LogP contribution in [0.2, 0.25) is 0 Å². The number of aliphatic hydroxyl groups excluding tert-OH is 2. The Labute approximate surface area is 237 Å². The molecule has 2 aliphatic heterocycles. The molecule has 3 aliphatic rings. The van der Waals surface area contributed by atoms with Gasteiger partial charge < -0.3 is 39.4 Å². The summed E-state index contributed by atoms with van der Waals surface area (Å²) in [5.41, 5.74) is -1.37. The van der Waals surface area contributed by atoms with Gasteiger partial charge in [0, 0.05) is 36.2 Å². The number of hydrogen-bond acceptors (Lipinski definition) is 9. The van der Waals surface area contributed by atoms with E-state index in [1.165, 1.54) is 14.0 Å². The molecule has 1 saturated heterocycles. The largest absolute Gasteiger partial charge is 0.504 e. The lowest BCUT2D eigenvalue weighted by Crippen LogP contribution is -2.68. The third-order valence-electron chi connectivity index (χ3n) is 9.79. The van der Waals surface area contributed by atoms with Gasteiger partial charge >= 0.3 is 5.97 Å². The summed E-state index contributed by atoms with van der Waals surface area (Å²) in [6.07, 6.45) is -0.506. The van der Waals surface area contributed by atoms with Crippen molar-refractivity contribution in [2.24, 2.45) is 11.3 Å². The quantitative estimate of drug-likeness (QED) is 0.296. The average Bonchev–Trinajstić information content (AvgIpc) is 2.86. The number of aliphatic hydroxyl groups is 3. The summed E-state index contributed by atoms with van der Waals surface area (Å²) in [7, 11) is 1.49. The highest BCUT2D eigenvalue weighted by molar-refractivity contribution is 5.67. The smallest absolute Gasteiger partial charge is 0.303 e. The Bertz CT molecular complexity index is 1170. The van der Waals surface area contributed by atoms with Crippen LogP contribution in [0.4, 0.5) is 0 Å². The third kappa shape index (κ3) is 4.78. The fraction of sp³-hybridized carbons (Fsp3) is 0.710. The van der Waals surface area contributed by atoms with Crippen molar-refractivity contribution in [3.05, 3.63) is 28.8 Å². The second-order valence-corrected chi connectivity index (χ2v) is 12.9. The molecular weight excluding hydrogens is 516 g/mol. The molecule has 0 unspecified atom stereocenters. The lowest BCUT2D eigenvalue weighted by atomic mass is 9.52. The van der Waals surface area contributed by atoms with Crippen LogP contribution in [0.1, 0.15) is 97.8 Å². The van der Waals surface area contributed by atoms with Gasteiger partial charge in [-0.1, -0.05) is 19.9 Å². The molecule has 0 amide bonds. The van der Waals surface area contributed by atoms with E-state index < -0.39 is 64.9 Å². The van der Waals surface area contributed by atoms with Gasteiger partial charge in [0.1, 0.15) is 17.5 Å². The summed E-state index contributed by atoms with van der Waals surface area (Å²) in [5, 5.41) is 45.8. The summed E-state index contributed by atoms with van der Waals surface area (Å²) in [4.78, 5) is 11.9. The molecule has 2 fully saturated rings. The normalized spacial score (nSPS) is 35.4. The van der Waals surface area contributed by atoms with Crippen LogP contribution in [0, 0.1) is 11.3 Å². The lowest BCUT2D eigenvalue weighted by molar-refractivity contribution is -0.289. The Morgan fingerprint density at radius 3 is 2.45 bits per heavy atom. The number of esters is 1. The Kier molecular flexibility index (Phi) is 8.04. The maximum absolute atomic E-state index is 12.0. The number of phenolic OH excluding ortho intramolecular Hbond substituents is 1. The molecule has 4 rings (SSSR count). The minimum atomic E-state index is -1.15. The van der Waals surface area contributed by atoms with Crippen LogP contribution in [-0.4, -0.2) is 69.1 Å². The van der Waals surface area contributed by atoms with Crippen LogP contribution in [0.15, 0.2) is 17.7 Å². The van der Waals surface area contributed by atoms with E-state index in [0.29, 0.717) is 29.7 Å². The van der Waals surface area contributed by atoms with Gasteiger partial charge in [0.15, 0.2) is 11.5 Å². The molecular formula is C31H46O9. The van der Waals surface area contributed by atoms with E-state index >= 15 is 0 Å². The number of methoxy groups -OCH3 is 1. The monoisotopic (exact) mass is 562 g/mol. The molecule has 0 spiro atoms. The van der Waals surface area contributed by atoms with Gasteiger partial charge in [0.2, 0.25) is 0 Å². The van der Waals surface area contributed by atoms with Crippen molar-refractivity contribution in [3.8, 4) is 17.2 Å². The predicted molar refractivity (Wildman–Crippen MR) is 148 cm³/mol. The van der Waals surface area contributed by atoms with E-state index in [9.17, 15) is 25.2 Å². The Morgan fingerprint density at radius 2 is 1.90 bits per heavy atom. The second-order valence-electron chi connectivity index (χ2n) is 12.9. The number of benzene rings is 1. The van der Waals surface area contributed by atoms with Crippen molar-refractivity contribution in [1.29, 1.82) is 0 Å². The Balaban J connectivity index is 1.82. The zero-order valence-electron chi connectivity index (χ0n) is 25.1. The van der Waals surface area contributed by atoms with Gasteiger partial charge in [-0.2, -0.15) is 0 Å². The number of allylic oxidation sites excluding steroid dienone is 1. The Morgan fingerprint density at radius 1 is 1.25 bits per heavy atom. The highest BCUT2D eigenvalue weighted by atomic mass is 16.5. The topological polar surface area (TPSA) is 135 Å². The van der Waals surface area contributed by atoms with Crippen LogP contribution in [0.5, 0.6) is 17.2 Å². The summed E-state index contributed by atoms with van der Waals surface area (Å²) in [6, 6.07) is 1.66. The molecule has 0 aromatic heterocycles. The molecule has 0 radical (unpaired) electrons. The van der Waals surface area contributed by atoms with Crippen LogP contribution in [0.25, 0.3) is 0 Å². The number of ether oxygens (including phenoxy) is 4. The highest BCUT2D eigenvalue weighted by Crippen LogP contribution is 2.64. The molecule has 40 heavy (non-hydrogen) atoms. The van der Waals surface area contributed by atoms with Crippen molar-refractivity contribution >= 4 is 5.97 Å². The number of hydrogen-bond donors (Lipinski definition) is 4. The van der Waals surface area contributed by atoms with Crippen molar-refractivity contribution in [2.75, 3.05) is 7.11 Å². The van der Waals surface area contributed by atoms with Crippen LogP contribution in [-0.2, 0) is 14.3 Å². The SMILES string of the molecule is CC=C(C)[C@@H](OC(C)=O)[C@@H](C)c1cc(OC)c2c(c1O)O[C@]1(C)CC[C@H]3O[C@@H](C(C)(C)O)C[C@H](O)[C@]3(C)[C@H]1[C@@H]2O. The van der Waals surface area contributed by atoms with Crippen LogP contribution >= 0.6 is 0 Å². The fourth-order valence-corrected chi connectivity index (χ4v) is 7.39. The summed E-state index contributed by atoms with van der Waals surface area (Å²) < 4.78 is 24.4. The lowest BCUT2D eigenvalue weighted by Gasteiger charge is -2.62. The third-order valence-corrected chi connectivity index (χ3v) is 9.79. The molecule has 2 heterocycles. The van der Waals surface area contributed by atoms with Crippen molar-refractivity contribution in [1.82, 2.24) is 0 Å². The van der Waals surface area contributed by atoms with Gasteiger partial charge in [-0.3, -0.25) is 4.79 Å². The molecule has 1 aromatic carbocycles. The van der Waals surface area contributed by atoms with E-state index in [2.05, 4.69) is 0 Å². The van der Waals surface area contributed by atoms with E-state index in [1.54, 1.807) is 19.9 Å². The fourth-order valence-electron chi connectivity index (χ4n) is 7.39. The van der Waals surface area contributed by atoms with Crippen molar-refractivity contribution < 1.29 is 44.2 Å². The van der Waals surface area contributed by atoms with Crippen molar-refractivity contribution in [3.63, 3.8) is 0 Å². The minimum absolute atomic E-state index is 0.134. The maximum Gasteiger partial charge on any atom is 0.303 e. The molecule has 9 nitrogen and oxygen atoms in total. The number of fused-ring (bicyclic) bond motifs is 4. The summed E-state index contributed by atoms with van der Waals surface area (Å²) in [6.45, 7) is 14.1. The van der Waals surface area contributed by atoms with Crippen molar-refractivity contribution in [2.45, 2.75) is 122 Å². The Hall–Kier alpha value is -2.33. The van der Waals surface area contributed by atoms with E-state index in [1.807, 2.05) is 40.7 Å². The summed E-state index contributed by atoms with van der Waals surface area (Å²) >= 11 is 0. The molecule has 224 valence electrons. The molecule has 9 atom stereocenters. The highest BCUT2D eigenvalue weighted by Gasteiger charge is 2.66. The maximum atomic E-state index is 12.0. The number of aromatic hydroxyl groups is 1. The minimum Gasteiger partial charge on any atom is -0.504 e. The number of rotatable bonds is 6. The molecule has 0 bridgehead atoms. The second kappa shape index (κ2) is 10.5. The first kappa shape index (κ1) is 30.6. The first-order valence-corrected chi connectivity index (χ1v) is 14.2. The van der Waals surface area contributed by atoms with Gasteiger partial charge in [-0.25, -0.2) is 0 Å². The first-order chi connectivity index (χ1) is 18.5. The van der Waals surface area contributed by atoms with Gasteiger partial charge in [-0.15, -0.1) is 0 Å². The predicted octanol–water partition coefficient (Wildman–Crippen LogP) is 4.29. The molecule has 1 aliphatic carbocycles. The van der Waals surface area contributed by atoms with E-state index in [-0.39, 0.29) is 17.9 Å². The zero-order valence-corrected chi connectivity index (χ0v) is 25.1. The van der Waals surface area contributed by atoms with E-state index in [4.69, 9.17) is 18.9 Å². The molecule has 4 N–H and O–H groups in total. The zero-order chi connectivity index (χ0) is 29.9.